The van der Waals surface area contributed by atoms with Crippen molar-refractivity contribution in [3.63, 3.8) is 0 Å². The first-order valence-corrected chi connectivity index (χ1v) is 9.96. The average Bonchev–Trinajstić information content (AvgIpc) is 3.21. The second-order valence-electron chi connectivity index (χ2n) is 8.55. The molecule has 0 unspecified atom stereocenters. The first-order valence-electron chi connectivity index (χ1n) is 9.96. The Balaban J connectivity index is 1.42. The summed E-state index contributed by atoms with van der Waals surface area (Å²) >= 11 is 0. The van der Waals surface area contributed by atoms with Gasteiger partial charge in [0.05, 0.1) is 17.4 Å². The highest BCUT2D eigenvalue weighted by atomic mass is 16.5. The van der Waals surface area contributed by atoms with Crippen molar-refractivity contribution in [1.82, 2.24) is 10.1 Å². The molecule has 1 saturated heterocycles. The summed E-state index contributed by atoms with van der Waals surface area (Å²) in [5, 5.41) is 4.29. The third-order valence-electron chi connectivity index (χ3n) is 6.43. The van der Waals surface area contributed by atoms with Crippen molar-refractivity contribution in [2.24, 2.45) is 5.92 Å². The molecule has 3 atom stereocenters. The van der Waals surface area contributed by atoms with E-state index in [0.29, 0.717) is 18.1 Å². The van der Waals surface area contributed by atoms with E-state index in [2.05, 4.69) is 30.0 Å². The molecule has 0 bridgehead atoms. The van der Waals surface area contributed by atoms with Gasteiger partial charge in [-0.25, -0.2) is 0 Å². The van der Waals surface area contributed by atoms with Crippen molar-refractivity contribution in [1.29, 1.82) is 0 Å². The molecule has 1 aromatic heterocycles. The van der Waals surface area contributed by atoms with Crippen LogP contribution in [-0.2, 0) is 16.0 Å². The highest BCUT2D eigenvalue weighted by molar-refractivity contribution is 5.11. The molecule has 4 rings (SSSR count). The van der Waals surface area contributed by atoms with Gasteiger partial charge in [0.2, 0.25) is 0 Å². The predicted molar refractivity (Wildman–Crippen MR) is 95.5 cm³/mol. The van der Waals surface area contributed by atoms with E-state index >= 15 is 0 Å². The van der Waals surface area contributed by atoms with E-state index in [9.17, 15) is 0 Å². The lowest BCUT2D eigenvalue weighted by Crippen LogP contribution is -2.51. The number of methoxy groups -OCH3 is 1. The van der Waals surface area contributed by atoms with E-state index in [1.54, 1.807) is 0 Å². The van der Waals surface area contributed by atoms with E-state index in [1.165, 1.54) is 12.8 Å². The van der Waals surface area contributed by atoms with Gasteiger partial charge in [0.1, 0.15) is 5.76 Å². The Hall–Kier alpha value is -0.910. The molecule has 1 aromatic rings. The summed E-state index contributed by atoms with van der Waals surface area (Å²) in [7, 11) is 1.88. The van der Waals surface area contributed by atoms with Gasteiger partial charge in [0.25, 0.3) is 0 Å². The van der Waals surface area contributed by atoms with Crippen molar-refractivity contribution in [3.05, 3.63) is 17.5 Å². The van der Waals surface area contributed by atoms with Crippen LogP contribution in [0.1, 0.15) is 69.7 Å². The van der Waals surface area contributed by atoms with Gasteiger partial charge in [-0.1, -0.05) is 19.0 Å². The molecule has 3 fully saturated rings. The van der Waals surface area contributed by atoms with Gasteiger partial charge in [-0.2, -0.15) is 0 Å². The summed E-state index contributed by atoms with van der Waals surface area (Å²) < 4.78 is 17.8. The van der Waals surface area contributed by atoms with Crippen LogP contribution in [0.2, 0.25) is 0 Å². The Morgan fingerprint density at radius 3 is 2.84 bits per heavy atom. The standard InChI is InChI=1S/C20H32N2O3/c1-14(2)18-10-16(21-25-18)12-22-9-8-20(23-3)7-6-17(11-19(20)22)24-13-15-4-5-15/h10,14-15,17,19H,4-9,11-13H2,1-3H3/t17-,19+,20-/m1/s1. The number of nitrogens with zero attached hydrogens (tertiary/aromatic N) is 2. The van der Waals surface area contributed by atoms with Crippen molar-refractivity contribution >= 4 is 0 Å². The van der Waals surface area contributed by atoms with Gasteiger partial charge in [0.15, 0.2) is 0 Å². The summed E-state index contributed by atoms with van der Waals surface area (Å²) in [5.74, 6) is 2.19. The van der Waals surface area contributed by atoms with E-state index in [1.807, 2.05) is 7.11 Å². The lowest BCUT2D eigenvalue weighted by molar-refractivity contribution is -0.103. The summed E-state index contributed by atoms with van der Waals surface area (Å²) in [5.41, 5.74) is 1.04. The minimum absolute atomic E-state index is 0.00402. The molecular formula is C20H32N2O3. The summed E-state index contributed by atoms with van der Waals surface area (Å²) in [6, 6.07) is 2.54. The topological polar surface area (TPSA) is 47.7 Å². The van der Waals surface area contributed by atoms with Crippen molar-refractivity contribution in [2.75, 3.05) is 20.3 Å². The van der Waals surface area contributed by atoms with Gasteiger partial charge in [0, 0.05) is 44.8 Å². The Morgan fingerprint density at radius 2 is 2.16 bits per heavy atom. The number of fused-ring (bicyclic) bond motifs is 1. The van der Waals surface area contributed by atoms with Crippen LogP contribution < -0.4 is 0 Å². The van der Waals surface area contributed by atoms with Gasteiger partial charge in [-0.15, -0.1) is 0 Å². The molecule has 0 radical (unpaired) electrons. The van der Waals surface area contributed by atoms with Crippen molar-refractivity contribution in [2.45, 2.75) is 82.6 Å². The van der Waals surface area contributed by atoms with Crippen molar-refractivity contribution in [3.8, 4) is 0 Å². The molecule has 0 spiro atoms. The summed E-state index contributed by atoms with van der Waals surface area (Å²) in [6.07, 6.45) is 7.53. The maximum atomic E-state index is 6.22. The fourth-order valence-electron chi connectivity index (χ4n) is 4.54. The number of likely N-dealkylation sites (tertiary alicyclic amines) is 1. The molecule has 1 aliphatic heterocycles. The molecule has 25 heavy (non-hydrogen) atoms. The van der Waals surface area contributed by atoms with Gasteiger partial charge >= 0.3 is 0 Å². The second kappa shape index (κ2) is 7.01. The highest BCUT2D eigenvalue weighted by Crippen LogP contribution is 2.44. The summed E-state index contributed by atoms with van der Waals surface area (Å²) in [4.78, 5) is 2.54. The normalized spacial score (nSPS) is 33.1. The minimum atomic E-state index is 0.00402. The maximum Gasteiger partial charge on any atom is 0.139 e. The average molecular weight is 348 g/mol. The molecule has 3 aliphatic rings. The molecule has 0 N–H and O–H groups in total. The van der Waals surface area contributed by atoms with Crippen LogP contribution in [0.3, 0.4) is 0 Å². The monoisotopic (exact) mass is 348 g/mol. The third kappa shape index (κ3) is 3.64. The largest absolute Gasteiger partial charge is 0.378 e. The van der Waals surface area contributed by atoms with Gasteiger partial charge < -0.3 is 14.0 Å². The van der Waals surface area contributed by atoms with Crippen LogP contribution >= 0.6 is 0 Å². The van der Waals surface area contributed by atoms with Crippen LogP contribution in [0.5, 0.6) is 0 Å². The maximum absolute atomic E-state index is 6.22. The molecule has 0 aromatic carbocycles. The molecular weight excluding hydrogens is 316 g/mol. The lowest BCUT2D eigenvalue weighted by Gasteiger charge is -2.43. The van der Waals surface area contributed by atoms with E-state index in [4.69, 9.17) is 14.0 Å². The molecule has 2 heterocycles. The highest BCUT2D eigenvalue weighted by Gasteiger charge is 2.51. The molecule has 0 amide bonds. The van der Waals surface area contributed by atoms with Gasteiger partial charge in [-0.05, 0) is 44.4 Å². The fraction of sp³-hybridized carbons (Fsp3) is 0.850. The van der Waals surface area contributed by atoms with Crippen LogP contribution in [0.25, 0.3) is 0 Å². The molecule has 2 aliphatic carbocycles. The van der Waals surface area contributed by atoms with Crippen LogP contribution in [0, 0.1) is 5.92 Å². The zero-order valence-electron chi connectivity index (χ0n) is 15.9. The van der Waals surface area contributed by atoms with Gasteiger partial charge in [-0.3, -0.25) is 4.90 Å². The third-order valence-corrected chi connectivity index (χ3v) is 6.43. The Kier molecular flexibility index (Phi) is 4.91. The molecule has 5 nitrogen and oxygen atoms in total. The minimum Gasteiger partial charge on any atom is -0.378 e. The van der Waals surface area contributed by atoms with E-state index in [0.717, 1.165) is 62.8 Å². The Labute approximate surface area is 151 Å². The zero-order chi connectivity index (χ0) is 17.4. The number of hydrogen-bond acceptors (Lipinski definition) is 5. The SMILES string of the molecule is CO[C@@]12CC[C@@H](OCC3CC3)C[C@@H]1N(Cc1cc(C(C)C)on1)CC2. The van der Waals surface area contributed by atoms with Crippen LogP contribution in [0.4, 0.5) is 0 Å². The Bertz CT molecular complexity index is 583. The Morgan fingerprint density at radius 1 is 1.32 bits per heavy atom. The fourth-order valence-corrected chi connectivity index (χ4v) is 4.54. The zero-order valence-corrected chi connectivity index (χ0v) is 15.9. The van der Waals surface area contributed by atoms with Crippen LogP contribution in [-0.4, -0.2) is 48.1 Å². The second-order valence-corrected chi connectivity index (χ2v) is 8.55. The quantitative estimate of drug-likeness (QED) is 0.751. The molecule has 2 saturated carbocycles. The van der Waals surface area contributed by atoms with Crippen molar-refractivity contribution < 1.29 is 14.0 Å². The first kappa shape index (κ1) is 17.5. The smallest absolute Gasteiger partial charge is 0.139 e. The number of rotatable bonds is 7. The number of hydrogen-bond donors (Lipinski definition) is 0. The first-order chi connectivity index (χ1) is 12.1. The molecule has 140 valence electrons. The van der Waals surface area contributed by atoms with E-state index < -0.39 is 0 Å². The number of ether oxygens (including phenoxy) is 2. The number of aromatic nitrogens is 1. The predicted octanol–water partition coefficient (Wildman–Crippen LogP) is 3.74. The molecule has 5 heteroatoms. The van der Waals surface area contributed by atoms with Crippen LogP contribution in [0.15, 0.2) is 10.6 Å². The summed E-state index contributed by atoms with van der Waals surface area (Å²) in [6.45, 7) is 7.15. The lowest BCUT2D eigenvalue weighted by atomic mass is 9.79. The van der Waals surface area contributed by atoms with E-state index in [-0.39, 0.29) is 5.60 Å².